The number of benzene rings is 2. The molecule has 2 heterocycles. The van der Waals surface area contributed by atoms with Crippen molar-refractivity contribution < 1.29 is 14.0 Å². The highest BCUT2D eigenvalue weighted by molar-refractivity contribution is 6.30. The molecule has 0 spiro atoms. The van der Waals surface area contributed by atoms with Gasteiger partial charge in [-0.05, 0) is 42.0 Å². The topological polar surface area (TPSA) is 43.9 Å². The van der Waals surface area contributed by atoms with Gasteiger partial charge in [0.2, 0.25) is 11.8 Å². The minimum Gasteiger partial charge on any atom is -0.368 e. The van der Waals surface area contributed by atoms with Crippen LogP contribution in [0.15, 0.2) is 48.5 Å². The summed E-state index contributed by atoms with van der Waals surface area (Å²) in [6, 6.07) is 13.4. The van der Waals surface area contributed by atoms with Crippen molar-refractivity contribution in [3.8, 4) is 0 Å². The van der Waals surface area contributed by atoms with Gasteiger partial charge in [-0.1, -0.05) is 23.7 Å². The first-order valence-corrected chi connectivity index (χ1v) is 10.1. The number of halogens is 2. The van der Waals surface area contributed by atoms with E-state index in [9.17, 15) is 14.0 Å². The molecule has 7 heteroatoms. The number of carbonyl (C=O) groups excluding carboxylic acids is 2. The summed E-state index contributed by atoms with van der Waals surface area (Å²) >= 11 is 5.96. The van der Waals surface area contributed by atoms with E-state index in [0.717, 1.165) is 24.3 Å². The highest BCUT2D eigenvalue weighted by Gasteiger charge is 2.44. The van der Waals surface area contributed by atoms with Gasteiger partial charge < -0.3 is 14.7 Å². The molecule has 29 heavy (non-hydrogen) atoms. The second-order valence-corrected chi connectivity index (χ2v) is 8.04. The third-order valence-corrected chi connectivity index (χ3v) is 6.15. The van der Waals surface area contributed by atoms with Crippen molar-refractivity contribution in [1.82, 2.24) is 9.80 Å². The number of hydrogen-bond acceptors (Lipinski definition) is 3. The zero-order chi connectivity index (χ0) is 20.5. The molecule has 0 aromatic heterocycles. The number of rotatable bonds is 3. The molecule has 0 N–H and O–H groups in total. The number of nitrogens with zero attached hydrogens (tertiary/aromatic N) is 3. The van der Waals surface area contributed by atoms with Gasteiger partial charge in [-0.3, -0.25) is 9.59 Å². The number of anilines is 1. The largest absolute Gasteiger partial charge is 0.368 e. The van der Waals surface area contributed by atoms with Crippen LogP contribution >= 0.6 is 11.6 Å². The number of likely N-dealkylation sites (tertiary alicyclic amines) is 1. The first-order chi connectivity index (χ1) is 13.9. The van der Waals surface area contributed by atoms with Crippen molar-refractivity contribution in [3.05, 3.63) is 64.9 Å². The van der Waals surface area contributed by atoms with Gasteiger partial charge in [-0.15, -0.1) is 0 Å². The second-order valence-electron chi connectivity index (χ2n) is 7.60. The summed E-state index contributed by atoms with van der Waals surface area (Å²) in [6.45, 7) is 2.66. The van der Waals surface area contributed by atoms with Gasteiger partial charge in [-0.25, -0.2) is 4.39 Å². The van der Waals surface area contributed by atoms with Gasteiger partial charge in [0.05, 0.1) is 12.0 Å². The summed E-state index contributed by atoms with van der Waals surface area (Å²) in [5, 5.41) is 0.699. The van der Waals surface area contributed by atoms with E-state index in [4.69, 9.17) is 11.6 Å². The fourth-order valence-electron chi connectivity index (χ4n) is 4.28. The van der Waals surface area contributed by atoms with E-state index in [-0.39, 0.29) is 30.1 Å². The SMILES string of the molecule is CN1C(=O)CC(C(=O)N2CCN(c3ccc(Cl)cc3)CC2)C1c1ccc(F)cc1. The normalized spacial score (nSPS) is 22.3. The van der Waals surface area contributed by atoms with Crippen LogP contribution in [0.2, 0.25) is 5.02 Å². The fraction of sp³-hybridized carbons (Fsp3) is 0.364. The van der Waals surface area contributed by atoms with E-state index in [1.165, 1.54) is 12.1 Å². The van der Waals surface area contributed by atoms with Crippen molar-refractivity contribution in [1.29, 1.82) is 0 Å². The van der Waals surface area contributed by atoms with Crippen molar-refractivity contribution in [3.63, 3.8) is 0 Å². The Morgan fingerprint density at radius 3 is 2.24 bits per heavy atom. The summed E-state index contributed by atoms with van der Waals surface area (Å²) in [4.78, 5) is 31.3. The smallest absolute Gasteiger partial charge is 0.228 e. The average molecular weight is 416 g/mol. The summed E-state index contributed by atoms with van der Waals surface area (Å²) in [6.07, 6.45) is 0.189. The van der Waals surface area contributed by atoms with Gasteiger partial charge in [0.25, 0.3) is 0 Å². The van der Waals surface area contributed by atoms with Gasteiger partial charge in [0.1, 0.15) is 5.82 Å². The minimum absolute atomic E-state index is 0.00668. The Bertz CT molecular complexity index is 895. The molecular formula is C22H23ClFN3O2. The van der Waals surface area contributed by atoms with E-state index >= 15 is 0 Å². The fourth-order valence-corrected chi connectivity index (χ4v) is 4.40. The molecule has 2 fully saturated rings. The lowest BCUT2D eigenvalue weighted by atomic mass is 9.92. The zero-order valence-electron chi connectivity index (χ0n) is 16.2. The Kier molecular flexibility index (Phi) is 5.46. The van der Waals surface area contributed by atoms with Crippen LogP contribution in [0.1, 0.15) is 18.0 Å². The Labute approximate surface area is 174 Å². The number of hydrogen-bond donors (Lipinski definition) is 0. The number of piperazine rings is 1. The lowest BCUT2D eigenvalue weighted by Crippen LogP contribution is -2.51. The monoisotopic (exact) mass is 415 g/mol. The maximum atomic E-state index is 13.3. The third kappa shape index (κ3) is 3.94. The molecule has 2 aliphatic rings. The molecule has 2 amide bonds. The molecule has 2 aliphatic heterocycles. The van der Waals surface area contributed by atoms with Crippen LogP contribution in [0.5, 0.6) is 0 Å². The van der Waals surface area contributed by atoms with E-state index in [0.29, 0.717) is 18.1 Å². The first kappa shape index (κ1) is 19.7. The molecular weight excluding hydrogens is 393 g/mol. The lowest BCUT2D eigenvalue weighted by molar-refractivity contribution is -0.136. The molecule has 2 aromatic rings. The summed E-state index contributed by atoms with van der Waals surface area (Å²) in [7, 11) is 1.71. The van der Waals surface area contributed by atoms with E-state index < -0.39 is 5.92 Å². The van der Waals surface area contributed by atoms with Gasteiger partial charge >= 0.3 is 0 Å². The maximum absolute atomic E-state index is 13.3. The molecule has 2 unspecified atom stereocenters. The highest BCUT2D eigenvalue weighted by atomic mass is 35.5. The van der Waals surface area contributed by atoms with Gasteiger partial charge in [0.15, 0.2) is 0 Å². The molecule has 2 saturated heterocycles. The second kappa shape index (κ2) is 8.03. The van der Waals surface area contributed by atoms with Crippen LogP contribution in [0.25, 0.3) is 0 Å². The molecule has 0 aliphatic carbocycles. The Morgan fingerprint density at radius 1 is 1.00 bits per heavy atom. The lowest BCUT2D eigenvalue weighted by Gasteiger charge is -2.38. The molecule has 0 saturated carbocycles. The Morgan fingerprint density at radius 2 is 1.62 bits per heavy atom. The summed E-state index contributed by atoms with van der Waals surface area (Å²) in [5.74, 6) is -0.841. The molecule has 5 nitrogen and oxygen atoms in total. The van der Waals surface area contributed by atoms with E-state index in [1.807, 2.05) is 29.2 Å². The predicted octanol–water partition coefficient (Wildman–Crippen LogP) is 3.35. The number of amides is 2. The summed E-state index contributed by atoms with van der Waals surface area (Å²) in [5.41, 5.74) is 1.87. The van der Waals surface area contributed by atoms with Crippen LogP contribution in [0.3, 0.4) is 0 Å². The van der Waals surface area contributed by atoms with Crippen molar-refractivity contribution >= 4 is 29.1 Å². The van der Waals surface area contributed by atoms with Crippen LogP contribution in [-0.4, -0.2) is 54.8 Å². The maximum Gasteiger partial charge on any atom is 0.228 e. The standard InChI is InChI=1S/C22H23ClFN3O2/c1-25-20(28)14-19(21(25)15-2-6-17(24)7-3-15)22(29)27-12-10-26(11-13-27)18-8-4-16(23)5-9-18/h2-9,19,21H,10-14H2,1H3. The first-order valence-electron chi connectivity index (χ1n) is 9.74. The van der Waals surface area contributed by atoms with Crippen molar-refractivity contribution in [2.75, 3.05) is 38.1 Å². The van der Waals surface area contributed by atoms with Crippen LogP contribution in [0, 0.1) is 11.7 Å². The van der Waals surface area contributed by atoms with Crippen LogP contribution in [0.4, 0.5) is 10.1 Å². The quantitative estimate of drug-likeness (QED) is 0.772. The molecule has 0 radical (unpaired) electrons. The third-order valence-electron chi connectivity index (χ3n) is 5.90. The van der Waals surface area contributed by atoms with Crippen molar-refractivity contribution in [2.24, 2.45) is 5.92 Å². The molecule has 2 atom stereocenters. The van der Waals surface area contributed by atoms with Gasteiger partial charge in [0, 0.05) is 50.4 Å². The van der Waals surface area contributed by atoms with E-state index in [2.05, 4.69) is 4.90 Å². The van der Waals surface area contributed by atoms with Gasteiger partial charge in [-0.2, -0.15) is 0 Å². The molecule has 0 bridgehead atoms. The molecule has 152 valence electrons. The number of carbonyl (C=O) groups is 2. The van der Waals surface area contributed by atoms with E-state index in [1.54, 1.807) is 24.1 Å². The molecule has 4 rings (SSSR count). The Balaban J connectivity index is 1.46. The van der Waals surface area contributed by atoms with Crippen LogP contribution < -0.4 is 4.90 Å². The average Bonchev–Trinajstić information content (AvgIpc) is 3.03. The van der Waals surface area contributed by atoms with Crippen LogP contribution in [-0.2, 0) is 9.59 Å². The highest BCUT2D eigenvalue weighted by Crippen LogP contribution is 2.38. The Hall–Kier alpha value is -2.60. The predicted molar refractivity (Wildman–Crippen MR) is 110 cm³/mol. The zero-order valence-corrected chi connectivity index (χ0v) is 17.0. The van der Waals surface area contributed by atoms with Crippen molar-refractivity contribution in [2.45, 2.75) is 12.5 Å². The minimum atomic E-state index is -0.444. The summed E-state index contributed by atoms with van der Waals surface area (Å²) < 4.78 is 13.3. The molecule has 2 aromatic carbocycles.